The number of hydrogen-bond acceptors (Lipinski definition) is 1. The van der Waals surface area contributed by atoms with Crippen LogP contribution in [0.25, 0.3) is 0 Å². The van der Waals surface area contributed by atoms with E-state index < -0.39 is 0 Å². The molecule has 0 bridgehead atoms. The molecule has 1 N–H and O–H groups in total. The van der Waals surface area contributed by atoms with Gasteiger partial charge < -0.3 is 5.11 Å². The number of phenols is 1. The van der Waals surface area contributed by atoms with E-state index in [0.717, 1.165) is 11.1 Å². The summed E-state index contributed by atoms with van der Waals surface area (Å²) in [5, 5.41) is 10.5. The van der Waals surface area contributed by atoms with Crippen molar-refractivity contribution in [3.8, 4) is 5.75 Å². The predicted molar refractivity (Wildman–Crippen MR) is 74.6 cm³/mol. The van der Waals surface area contributed by atoms with Crippen molar-refractivity contribution in [1.29, 1.82) is 0 Å². The summed E-state index contributed by atoms with van der Waals surface area (Å²) in [7, 11) is 0. The second-order valence-electron chi connectivity index (χ2n) is 6.75. The monoisotopic (exact) mass is 233 g/mol. The van der Waals surface area contributed by atoms with Gasteiger partial charge in [0.1, 0.15) is 5.75 Å². The second-order valence-corrected chi connectivity index (χ2v) is 6.75. The van der Waals surface area contributed by atoms with Crippen molar-refractivity contribution in [2.75, 3.05) is 0 Å². The van der Waals surface area contributed by atoms with Gasteiger partial charge >= 0.3 is 0 Å². The second kappa shape index (κ2) is 4.36. The van der Waals surface area contributed by atoms with Gasteiger partial charge in [0, 0.05) is 0 Å². The van der Waals surface area contributed by atoms with Crippen molar-refractivity contribution >= 4 is 0 Å². The van der Waals surface area contributed by atoms with Crippen molar-refractivity contribution in [3.05, 3.63) is 35.2 Å². The van der Waals surface area contributed by atoms with E-state index in [4.69, 9.17) is 0 Å². The standard InChI is InChI=1S/C16H25O/c1-8-11-9-12(15(2,3)4)14(17)13(10-11)16(5,6)7/h8-10,17H,1-7H3. The molecule has 0 atom stereocenters. The van der Waals surface area contributed by atoms with Crippen molar-refractivity contribution in [3.63, 3.8) is 0 Å². The Hall–Kier alpha value is -0.980. The summed E-state index contributed by atoms with van der Waals surface area (Å²) in [5.74, 6) is 0.454. The summed E-state index contributed by atoms with van der Waals surface area (Å²) in [6.07, 6.45) is 2.09. The topological polar surface area (TPSA) is 20.2 Å². The summed E-state index contributed by atoms with van der Waals surface area (Å²) >= 11 is 0. The van der Waals surface area contributed by atoms with E-state index in [1.54, 1.807) is 0 Å². The van der Waals surface area contributed by atoms with Crippen LogP contribution in [0, 0.1) is 6.42 Å². The van der Waals surface area contributed by atoms with Gasteiger partial charge in [0.05, 0.1) is 0 Å². The van der Waals surface area contributed by atoms with Crippen molar-refractivity contribution < 1.29 is 5.11 Å². The van der Waals surface area contributed by atoms with Crippen LogP contribution in [0.5, 0.6) is 5.75 Å². The Labute approximate surface area is 106 Å². The molecule has 1 heteroatoms. The van der Waals surface area contributed by atoms with Crippen LogP contribution in [0.15, 0.2) is 12.1 Å². The average molecular weight is 233 g/mol. The third-order valence-electron chi connectivity index (χ3n) is 3.08. The molecule has 17 heavy (non-hydrogen) atoms. The maximum atomic E-state index is 10.5. The van der Waals surface area contributed by atoms with Gasteiger partial charge in [0.25, 0.3) is 0 Å². The average Bonchev–Trinajstić information content (AvgIpc) is 2.14. The first-order valence-electron chi connectivity index (χ1n) is 6.24. The molecule has 0 saturated carbocycles. The van der Waals surface area contributed by atoms with Gasteiger partial charge in [0.2, 0.25) is 0 Å². The summed E-state index contributed by atoms with van der Waals surface area (Å²) in [5.41, 5.74) is 3.15. The Kier molecular flexibility index (Phi) is 3.61. The number of hydrogen-bond donors (Lipinski definition) is 1. The Bertz CT molecular complexity index is 368. The molecule has 0 unspecified atom stereocenters. The summed E-state index contributed by atoms with van der Waals surface area (Å²) in [6.45, 7) is 14.8. The zero-order chi connectivity index (χ0) is 13.4. The van der Waals surface area contributed by atoms with Gasteiger partial charge in [0.15, 0.2) is 0 Å². The smallest absolute Gasteiger partial charge is 0.123 e. The molecule has 1 nitrogen and oxygen atoms in total. The van der Waals surface area contributed by atoms with E-state index in [1.165, 1.54) is 5.56 Å². The molecule has 0 saturated heterocycles. The van der Waals surface area contributed by atoms with E-state index in [9.17, 15) is 5.11 Å². The predicted octanol–water partition coefficient (Wildman–Crippen LogP) is 4.56. The lowest BCUT2D eigenvalue weighted by molar-refractivity contribution is 0.423. The first-order chi connectivity index (χ1) is 7.57. The summed E-state index contributed by atoms with van der Waals surface area (Å²) in [6, 6.07) is 4.18. The summed E-state index contributed by atoms with van der Waals surface area (Å²) in [4.78, 5) is 0. The van der Waals surface area contributed by atoms with Crippen LogP contribution in [-0.2, 0) is 10.8 Å². The molecule has 0 aromatic heterocycles. The molecule has 0 fully saturated rings. The fraction of sp³-hybridized carbons (Fsp3) is 0.562. The fourth-order valence-electron chi connectivity index (χ4n) is 1.97. The van der Waals surface area contributed by atoms with Gasteiger partial charge in [-0.05, 0) is 33.9 Å². The van der Waals surface area contributed by atoms with Gasteiger partial charge in [-0.2, -0.15) is 0 Å². The maximum absolute atomic E-state index is 10.5. The normalized spacial score (nSPS) is 12.9. The largest absolute Gasteiger partial charge is 0.507 e. The zero-order valence-electron chi connectivity index (χ0n) is 12.2. The molecule has 0 spiro atoms. The molecule has 1 rings (SSSR count). The van der Waals surface area contributed by atoms with Gasteiger partial charge in [-0.25, -0.2) is 0 Å². The molecule has 0 amide bonds. The van der Waals surface area contributed by atoms with Gasteiger partial charge in [-0.15, -0.1) is 0 Å². The van der Waals surface area contributed by atoms with Crippen LogP contribution in [0.4, 0.5) is 0 Å². The number of phenolic OH excluding ortho intramolecular Hbond substituents is 1. The highest BCUT2D eigenvalue weighted by molar-refractivity contribution is 5.51. The first-order valence-corrected chi connectivity index (χ1v) is 6.24. The molecule has 0 aliphatic heterocycles. The van der Waals surface area contributed by atoms with Crippen LogP contribution in [0.1, 0.15) is 65.2 Å². The minimum absolute atomic E-state index is 0.0386. The van der Waals surface area contributed by atoms with E-state index >= 15 is 0 Å². The van der Waals surface area contributed by atoms with Crippen LogP contribution in [-0.4, -0.2) is 5.11 Å². The van der Waals surface area contributed by atoms with Crippen LogP contribution in [0.2, 0.25) is 0 Å². The lowest BCUT2D eigenvalue weighted by Gasteiger charge is -2.28. The third-order valence-corrected chi connectivity index (χ3v) is 3.08. The number of aromatic hydroxyl groups is 1. The summed E-state index contributed by atoms with van der Waals surface area (Å²) < 4.78 is 0. The molecular formula is C16H25O. The molecule has 0 heterocycles. The van der Waals surface area contributed by atoms with Gasteiger partial charge in [-0.1, -0.05) is 60.6 Å². The Morgan fingerprint density at radius 1 is 0.882 bits per heavy atom. The minimum Gasteiger partial charge on any atom is -0.507 e. The van der Waals surface area contributed by atoms with Crippen molar-refractivity contribution in [2.45, 2.75) is 59.3 Å². The molecule has 1 aromatic rings. The lowest BCUT2D eigenvalue weighted by Crippen LogP contribution is -2.17. The van der Waals surface area contributed by atoms with Crippen LogP contribution < -0.4 is 0 Å². The highest BCUT2D eigenvalue weighted by atomic mass is 16.3. The van der Waals surface area contributed by atoms with E-state index in [2.05, 4.69) is 60.1 Å². The van der Waals surface area contributed by atoms with Gasteiger partial charge in [-0.3, -0.25) is 0 Å². The van der Waals surface area contributed by atoms with Crippen molar-refractivity contribution in [1.82, 2.24) is 0 Å². The molecule has 1 radical (unpaired) electrons. The van der Waals surface area contributed by atoms with Crippen molar-refractivity contribution in [2.24, 2.45) is 0 Å². The molecule has 0 aliphatic carbocycles. The maximum Gasteiger partial charge on any atom is 0.123 e. The first kappa shape index (κ1) is 14.1. The quantitative estimate of drug-likeness (QED) is 0.754. The van der Waals surface area contributed by atoms with E-state index in [-0.39, 0.29) is 10.8 Å². The molecule has 1 aromatic carbocycles. The van der Waals surface area contributed by atoms with Crippen LogP contribution in [0.3, 0.4) is 0 Å². The fourth-order valence-corrected chi connectivity index (χ4v) is 1.97. The Morgan fingerprint density at radius 3 is 1.47 bits per heavy atom. The highest BCUT2D eigenvalue weighted by Gasteiger charge is 2.26. The van der Waals surface area contributed by atoms with Crippen LogP contribution >= 0.6 is 0 Å². The minimum atomic E-state index is -0.0386. The molecule has 0 aliphatic rings. The third kappa shape index (κ3) is 3.02. The number of rotatable bonds is 1. The molecular weight excluding hydrogens is 208 g/mol. The number of benzene rings is 1. The zero-order valence-corrected chi connectivity index (χ0v) is 12.2. The van der Waals surface area contributed by atoms with E-state index in [1.807, 2.05) is 6.92 Å². The lowest BCUT2D eigenvalue weighted by atomic mass is 9.78. The Balaban J connectivity index is 3.53. The highest BCUT2D eigenvalue weighted by Crippen LogP contribution is 2.39. The molecule has 95 valence electrons. The van der Waals surface area contributed by atoms with E-state index in [0.29, 0.717) is 5.75 Å². The Morgan fingerprint density at radius 2 is 1.24 bits per heavy atom. The SMILES string of the molecule is C[CH]c1cc(C(C)(C)C)c(O)c(C(C)(C)C)c1.